The molecule has 0 spiro atoms. The number of carbonyl (C=O) groups is 2. The van der Waals surface area contributed by atoms with E-state index in [2.05, 4.69) is 42.4 Å². The molecule has 1 aromatic heterocycles. The van der Waals surface area contributed by atoms with Crippen LogP contribution in [-0.4, -0.2) is 44.0 Å². The van der Waals surface area contributed by atoms with Crippen LogP contribution in [0.3, 0.4) is 0 Å². The molecule has 0 fully saturated rings. The number of aryl methyl sites for hydroxylation is 1. The van der Waals surface area contributed by atoms with Gasteiger partial charge in [-0.05, 0) is 52.3 Å². The molecule has 0 saturated heterocycles. The van der Waals surface area contributed by atoms with Gasteiger partial charge in [-0.25, -0.2) is 10.2 Å². The first kappa shape index (κ1) is 26.3. The molecule has 3 aromatic rings. The molecular formula is C24H23Br2N3O6. The molecule has 0 unspecified atom stereocenters. The molecule has 1 amide bonds. The minimum absolute atomic E-state index is 0.173. The first-order valence-corrected chi connectivity index (χ1v) is 11.8. The molecule has 0 aliphatic heterocycles. The van der Waals surface area contributed by atoms with E-state index in [0.717, 1.165) is 5.69 Å². The minimum atomic E-state index is -0.658. The Morgan fingerprint density at radius 3 is 2.29 bits per heavy atom. The summed E-state index contributed by atoms with van der Waals surface area (Å²) in [7, 11) is 6.25. The maximum atomic E-state index is 13.0. The number of ether oxygens (including phenoxy) is 4. The summed E-state index contributed by atoms with van der Waals surface area (Å²) in [5.41, 5.74) is 3.98. The van der Waals surface area contributed by atoms with Crippen molar-refractivity contribution < 1.29 is 28.5 Å². The molecule has 184 valence electrons. The maximum absolute atomic E-state index is 13.0. The quantitative estimate of drug-likeness (QED) is 0.166. The third kappa shape index (κ3) is 6.43. The van der Waals surface area contributed by atoms with E-state index in [4.69, 9.17) is 18.9 Å². The van der Waals surface area contributed by atoms with Crippen molar-refractivity contribution in [1.82, 2.24) is 9.99 Å². The Labute approximate surface area is 219 Å². The fourth-order valence-corrected chi connectivity index (χ4v) is 4.53. The minimum Gasteiger partial charge on any atom is -0.493 e. The van der Waals surface area contributed by atoms with Gasteiger partial charge in [0.1, 0.15) is 0 Å². The van der Waals surface area contributed by atoms with Crippen LogP contribution >= 0.6 is 31.9 Å². The van der Waals surface area contributed by atoms with Crippen molar-refractivity contribution in [3.8, 4) is 23.0 Å². The van der Waals surface area contributed by atoms with Crippen molar-refractivity contribution in [2.75, 3.05) is 21.3 Å². The van der Waals surface area contributed by atoms with E-state index in [1.807, 2.05) is 29.9 Å². The second-order valence-corrected chi connectivity index (χ2v) is 8.96. The summed E-state index contributed by atoms with van der Waals surface area (Å²) < 4.78 is 24.7. The summed E-state index contributed by atoms with van der Waals surface area (Å²) in [5, 5.41) is 4.03. The van der Waals surface area contributed by atoms with Crippen LogP contribution in [0, 0.1) is 0 Å². The fraction of sp³-hybridized carbons (Fsp3) is 0.208. The molecule has 0 radical (unpaired) electrons. The Morgan fingerprint density at radius 2 is 1.71 bits per heavy atom. The Hall–Kier alpha value is -3.31. The Morgan fingerprint density at radius 1 is 1.03 bits per heavy atom. The summed E-state index contributed by atoms with van der Waals surface area (Å²) in [6, 6.07) is 10.1. The molecule has 0 saturated carbocycles. The van der Waals surface area contributed by atoms with Crippen molar-refractivity contribution in [2.24, 2.45) is 12.1 Å². The fourth-order valence-electron chi connectivity index (χ4n) is 3.19. The van der Waals surface area contributed by atoms with Crippen LogP contribution in [0.5, 0.6) is 23.0 Å². The number of hydrazone groups is 1. The van der Waals surface area contributed by atoms with Crippen molar-refractivity contribution in [1.29, 1.82) is 0 Å². The molecule has 2 aromatic carbocycles. The standard InChI is InChI=1S/C24H23Br2N3O6/c1-29-7-5-6-17(29)12-21(30)28-27-13-15-8-16(25)11-18(26)22(15)35-24(31)14-9-19(32-2)23(34-4)20(10-14)33-3/h5-11,13H,12H2,1-4H3,(H,28,30)/b27-13+. The number of esters is 1. The Balaban J connectivity index is 1.83. The van der Waals surface area contributed by atoms with Crippen LogP contribution in [0.1, 0.15) is 21.6 Å². The number of hydrogen-bond donors (Lipinski definition) is 1. The average molecular weight is 609 g/mol. The molecule has 9 nitrogen and oxygen atoms in total. The lowest BCUT2D eigenvalue weighted by Crippen LogP contribution is -2.21. The van der Waals surface area contributed by atoms with Gasteiger partial charge >= 0.3 is 5.97 Å². The van der Waals surface area contributed by atoms with E-state index in [0.29, 0.717) is 31.8 Å². The third-order valence-corrected chi connectivity index (χ3v) is 5.97. The Kier molecular flexibility index (Phi) is 8.94. The number of hydrogen-bond acceptors (Lipinski definition) is 7. The zero-order valence-electron chi connectivity index (χ0n) is 19.4. The van der Waals surface area contributed by atoms with Gasteiger partial charge in [0.15, 0.2) is 17.2 Å². The molecular weight excluding hydrogens is 586 g/mol. The van der Waals surface area contributed by atoms with Gasteiger partial charge in [-0.3, -0.25) is 4.79 Å². The van der Waals surface area contributed by atoms with E-state index in [9.17, 15) is 9.59 Å². The molecule has 3 rings (SSSR count). The number of aromatic nitrogens is 1. The first-order chi connectivity index (χ1) is 16.8. The number of methoxy groups -OCH3 is 3. The van der Waals surface area contributed by atoms with Gasteiger partial charge in [-0.2, -0.15) is 5.10 Å². The number of amides is 1. The third-order valence-electron chi connectivity index (χ3n) is 4.92. The van der Waals surface area contributed by atoms with E-state index in [-0.39, 0.29) is 23.6 Å². The van der Waals surface area contributed by atoms with Gasteiger partial charge in [-0.1, -0.05) is 15.9 Å². The molecule has 0 aliphatic carbocycles. The van der Waals surface area contributed by atoms with Gasteiger partial charge < -0.3 is 23.5 Å². The van der Waals surface area contributed by atoms with Gasteiger partial charge in [-0.15, -0.1) is 0 Å². The highest BCUT2D eigenvalue weighted by Crippen LogP contribution is 2.39. The number of benzene rings is 2. The Bertz CT molecular complexity index is 1250. The monoisotopic (exact) mass is 607 g/mol. The van der Waals surface area contributed by atoms with Crippen molar-refractivity contribution in [3.05, 3.63) is 68.4 Å². The molecule has 11 heteroatoms. The highest BCUT2D eigenvalue weighted by Gasteiger charge is 2.20. The summed E-state index contributed by atoms with van der Waals surface area (Å²) in [4.78, 5) is 25.2. The lowest BCUT2D eigenvalue weighted by molar-refractivity contribution is -0.120. The molecule has 0 atom stereocenters. The van der Waals surface area contributed by atoms with Crippen LogP contribution < -0.4 is 24.4 Å². The predicted molar refractivity (Wildman–Crippen MR) is 138 cm³/mol. The second kappa shape index (κ2) is 11.9. The van der Waals surface area contributed by atoms with Crippen molar-refractivity contribution >= 4 is 50.0 Å². The lowest BCUT2D eigenvalue weighted by atomic mass is 10.1. The van der Waals surface area contributed by atoms with Gasteiger partial charge in [0.25, 0.3) is 0 Å². The zero-order valence-corrected chi connectivity index (χ0v) is 22.6. The van der Waals surface area contributed by atoms with E-state index >= 15 is 0 Å². The van der Waals surface area contributed by atoms with Crippen molar-refractivity contribution in [3.63, 3.8) is 0 Å². The van der Waals surface area contributed by atoms with Gasteiger partial charge in [0.05, 0.1) is 44.0 Å². The summed E-state index contributed by atoms with van der Waals surface area (Å²) in [5.74, 6) is 0.262. The van der Waals surface area contributed by atoms with Crippen LogP contribution in [0.2, 0.25) is 0 Å². The zero-order chi connectivity index (χ0) is 25.5. The van der Waals surface area contributed by atoms with E-state index in [1.165, 1.54) is 39.7 Å². The maximum Gasteiger partial charge on any atom is 0.343 e. The predicted octanol–water partition coefficient (Wildman–Crippen LogP) is 4.49. The topological polar surface area (TPSA) is 100 Å². The number of halogens is 2. The van der Waals surface area contributed by atoms with Crippen molar-refractivity contribution in [2.45, 2.75) is 6.42 Å². The molecule has 0 aliphatic rings. The molecule has 35 heavy (non-hydrogen) atoms. The second-order valence-electron chi connectivity index (χ2n) is 7.19. The number of nitrogens with zero attached hydrogens (tertiary/aromatic N) is 2. The molecule has 1 N–H and O–H groups in total. The lowest BCUT2D eigenvalue weighted by Gasteiger charge is -2.15. The normalized spacial score (nSPS) is 10.8. The summed E-state index contributed by atoms with van der Waals surface area (Å²) in [6.45, 7) is 0. The van der Waals surface area contributed by atoms with Crippen LogP contribution in [0.4, 0.5) is 0 Å². The average Bonchev–Trinajstić information content (AvgIpc) is 3.23. The number of nitrogens with one attached hydrogen (secondary N) is 1. The van der Waals surface area contributed by atoms with Crippen LogP contribution in [-0.2, 0) is 18.3 Å². The van der Waals surface area contributed by atoms with Crippen LogP contribution in [0.25, 0.3) is 0 Å². The summed E-state index contributed by atoms with van der Waals surface area (Å²) >= 11 is 6.83. The highest BCUT2D eigenvalue weighted by molar-refractivity contribution is 9.11. The molecule has 1 heterocycles. The largest absolute Gasteiger partial charge is 0.493 e. The van der Waals surface area contributed by atoms with E-state index in [1.54, 1.807) is 12.1 Å². The number of carbonyl (C=O) groups excluding carboxylic acids is 2. The SMILES string of the molecule is COc1cc(C(=O)Oc2c(Br)cc(Br)cc2/C=N/NC(=O)Cc2cccn2C)cc(OC)c1OC. The molecule has 0 bridgehead atoms. The van der Waals surface area contributed by atoms with Gasteiger partial charge in [0.2, 0.25) is 11.7 Å². The van der Waals surface area contributed by atoms with Gasteiger partial charge in [0, 0.05) is 29.0 Å². The summed E-state index contributed by atoms with van der Waals surface area (Å²) in [6.07, 6.45) is 3.43. The van der Waals surface area contributed by atoms with E-state index < -0.39 is 5.97 Å². The smallest absolute Gasteiger partial charge is 0.343 e. The number of rotatable bonds is 9. The highest BCUT2D eigenvalue weighted by atomic mass is 79.9. The van der Waals surface area contributed by atoms with Crippen LogP contribution in [0.15, 0.2) is 56.6 Å². The first-order valence-electron chi connectivity index (χ1n) is 10.2.